The number of benzene rings is 1. The Labute approximate surface area is 119 Å². The average molecular weight is 278 g/mol. The topological polar surface area (TPSA) is 64.4 Å². The molecule has 5 nitrogen and oxygen atoms in total. The van der Waals surface area contributed by atoms with Crippen LogP contribution in [0.15, 0.2) is 12.1 Å². The fraction of sp³-hybridized carbons (Fsp3) is 0.600. The van der Waals surface area contributed by atoms with Crippen molar-refractivity contribution in [1.82, 2.24) is 0 Å². The Morgan fingerprint density at radius 1 is 1.35 bits per heavy atom. The maximum atomic E-state index is 10.9. The first-order valence-electron chi connectivity index (χ1n) is 6.94. The summed E-state index contributed by atoms with van der Waals surface area (Å²) in [6.07, 6.45) is 1.89. The molecule has 1 fully saturated rings. The van der Waals surface area contributed by atoms with Gasteiger partial charge in [0.05, 0.1) is 10.5 Å². The zero-order valence-electron chi connectivity index (χ0n) is 12.5. The van der Waals surface area contributed by atoms with Gasteiger partial charge in [-0.25, -0.2) is 0 Å². The molecule has 1 aromatic carbocycles. The van der Waals surface area contributed by atoms with Crippen molar-refractivity contribution in [3.63, 3.8) is 0 Å². The third-order valence-corrected chi connectivity index (χ3v) is 3.80. The van der Waals surface area contributed by atoms with Gasteiger partial charge in [0.25, 0.3) is 5.69 Å². The summed E-state index contributed by atoms with van der Waals surface area (Å²) in [5.41, 5.74) is 2.65. The van der Waals surface area contributed by atoms with Gasteiger partial charge in [-0.2, -0.15) is 0 Å². The third-order valence-electron chi connectivity index (χ3n) is 3.80. The van der Waals surface area contributed by atoms with Gasteiger partial charge in [0.2, 0.25) is 0 Å². The zero-order chi connectivity index (χ0) is 14.9. The largest absolute Gasteiger partial charge is 0.382 e. The summed E-state index contributed by atoms with van der Waals surface area (Å²) in [6, 6.07) is 3.86. The zero-order valence-corrected chi connectivity index (χ0v) is 12.5. The van der Waals surface area contributed by atoms with Gasteiger partial charge in [-0.15, -0.1) is 0 Å². The minimum atomic E-state index is -0.330. The summed E-state index contributed by atoms with van der Waals surface area (Å²) in [5.74, 6) is 0. The maximum absolute atomic E-state index is 10.9. The molecule has 1 atom stereocenters. The van der Waals surface area contributed by atoms with Crippen LogP contribution >= 0.6 is 0 Å². The smallest absolute Gasteiger partial charge is 0.272 e. The van der Waals surface area contributed by atoms with Crippen LogP contribution in [0.25, 0.3) is 0 Å². The highest BCUT2D eigenvalue weighted by molar-refractivity contribution is 5.59. The highest BCUT2D eigenvalue weighted by atomic mass is 16.6. The fourth-order valence-electron chi connectivity index (χ4n) is 2.73. The minimum absolute atomic E-state index is 0.111. The van der Waals surface area contributed by atoms with E-state index in [4.69, 9.17) is 4.74 Å². The summed E-state index contributed by atoms with van der Waals surface area (Å²) < 4.78 is 5.71. The quantitative estimate of drug-likeness (QED) is 0.678. The number of nitro groups is 1. The normalized spacial score (nSPS) is 21.5. The lowest BCUT2D eigenvalue weighted by Gasteiger charge is -2.36. The number of aryl methyl sites for hydroxylation is 2. The number of nitrogens with one attached hydrogen (secondary N) is 1. The van der Waals surface area contributed by atoms with Crippen molar-refractivity contribution in [2.75, 3.05) is 11.9 Å². The van der Waals surface area contributed by atoms with Gasteiger partial charge in [-0.3, -0.25) is 10.1 Å². The predicted octanol–water partition coefficient (Wildman–Crippen LogP) is 3.58. The van der Waals surface area contributed by atoms with Crippen LogP contribution in [0.5, 0.6) is 0 Å². The van der Waals surface area contributed by atoms with Gasteiger partial charge in [-0.1, -0.05) is 0 Å². The number of nitro benzene ring substituents is 1. The van der Waals surface area contributed by atoms with E-state index in [2.05, 4.69) is 19.2 Å². The number of hydrogen-bond acceptors (Lipinski definition) is 4. The monoisotopic (exact) mass is 278 g/mol. The molecular weight excluding hydrogens is 256 g/mol. The minimum Gasteiger partial charge on any atom is -0.382 e. The van der Waals surface area contributed by atoms with E-state index in [1.54, 1.807) is 13.0 Å². The highest BCUT2D eigenvalue weighted by Gasteiger charge is 2.29. The molecule has 0 bridgehead atoms. The fourth-order valence-corrected chi connectivity index (χ4v) is 2.73. The molecule has 20 heavy (non-hydrogen) atoms. The molecule has 1 unspecified atom stereocenters. The third kappa shape index (κ3) is 3.28. The molecule has 1 aliphatic heterocycles. The molecule has 0 amide bonds. The van der Waals surface area contributed by atoms with Crippen LogP contribution in [0.2, 0.25) is 0 Å². The summed E-state index contributed by atoms with van der Waals surface area (Å²) in [6.45, 7) is 8.61. The first kappa shape index (κ1) is 14.8. The van der Waals surface area contributed by atoms with Gasteiger partial charge in [0, 0.05) is 30.0 Å². The number of rotatable bonds is 3. The van der Waals surface area contributed by atoms with Crippen LogP contribution in [0.4, 0.5) is 11.4 Å². The highest BCUT2D eigenvalue weighted by Crippen LogP contribution is 2.30. The van der Waals surface area contributed by atoms with Crippen LogP contribution in [0.1, 0.15) is 37.8 Å². The van der Waals surface area contributed by atoms with Crippen LogP contribution in [0, 0.1) is 24.0 Å². The summed E-state index contributed by atoms with van der Waals surface area (Å²) in [4.78, 5) is 10.6. The van der Waals surface area contributed by atoms with E-state index >= 15 is 0 Å². The molecule has 5 heteroatoms. The Morgan fingerprint density at radius 2 is 2.05 bits per heavy atom. The summed E-state index contributed by atoms with van der Waals surface area (Å²) in [5, 5.41) is 14.4. The molecule has 1 saturated heterocycles. The van der Waals surface area contributed by atoms with Crippen LogP contribution < -0.4 is 5.32 Å². The van der Waals surface area contributed by atoms with E-state index < -0.39 is 0 Å². The van der Waals surface area contributed by atoms with Crippen molar-refractivity contribution in [3.8, 4) is 0 Å². The van der Waals surface area contributed by atoms with Crippen molar-refractivity contribution in [2.24, 2.45) is 0 Å². The van der Waals surface area contributed by atoms with Gasteiger partial charge in [0.1, 0.15) is 0 Å². The molecule has 0 spiro atoms. The van der Waals surface area contributed by atoms with E-state index in [1.807, 2.05) is 13.0 Å². The molecule has 0 aromatic heterocycles. The summed E-state index contributed by atoms with van der Waals surface area (Å²) >= 11 is 0. The maximum Gasteiger partial charge on any atom is 0.272 e. The second-order valence-corrected chi connectivity index (χ2v) is 6.15. The standard InChI is InChI=1S/C15H22N2O3/c1-10-8-14(17(18)19)11(2)7-13(10)16-12-5-6-20-15(3,4)9-12/h7-8,12,16H,5-6,9H2,1-4H3. The van der Waals surface area contributed by atoms with Crippen molar-refractivity contribution in [3.05, 3.63) is 33.4 Å². The second kappa shape index (κ2) is 5.40. The van der Waals surface area contributed by atoms with Crippen molar-refractivity contribution in [2.45, 2.75) is 52.2 Å². The second-order valence-electron chi connectivity index (χ2n) is 6.15. The first-order chi connectivity index (χ1) is 9.28. The van der Waals surface area contributed by atoms with E-state index in [9.17, 15) is 10.1 Å². The van der Waals surface area contributed by atoms with Crippen LogP contribution in [0.3, 0.4) is 0 Å². The van der Waals surface area contributed by atoms with Crippen molar-refractivity contribution < 1.29 is 9.66 Å². The van der Waals surface area contributed by atoms with E-state index in [0.29, 0.717) is 11.6 Å². The summed E-state index contributed by atoms with van der Waals surface area (Å²) in [7, 11) is 0. The lowest BCUT2D eigenvalue weighted by Crippen LogP contribution is -2.40. The van der Waals surface area contributed by atoms with Crippen molar-refractivity contribution >= 4 is 11.4 Å². The van der Waals surface area contributed by atoms with Gasteiger partial charge in [0.15, 0.2) is 0 Å². The number of anilines is 1. The molecule has 1 aliphatic rings. The van der Waals surface area contributed by atoms with Crippen LogP contribution in [-0.2, 0) is 4.74 Å². The Morgan fingerprint density at radius 3 is 2.65 bits per heavy atom. The Kier molecular flexibility index (Phi) is 3.99. The van der Waals surface area contributed by atoms with Gasteiger partial charge in [-0.05, 0) is 52.2 Å². The SMILES string of the molecule is Cc1cc([N+](=O)[O-])c(C)cc1NC1CCOC(C)(C)C1. The molecule has 0 radical (unpaired) electrons. The lowest BCUT2D eigenvalue weighted by molar-refractivity contribution is -0.385. The van der Waals surface area contributed by atoms with E-state index in [-0.39, 0.29) is 16.2 Å². The predicted molar refractivity (Wildman–Crippen MR) is 79.2 cm³/mol. The molecule has 0 aliphatic carbocycles. The Balaban J connectivity index is 2.18. The average Bonchev–Trinajstić information content (AvgIpc) is 2.31. The lowest BCUT2D eigenvalue weighted by atomic mass is 9.93. The Bertz CT molecular complexity index is 526. The first-order valence-corrected chi connectivity index (χ1v) is 6.94. The molecule has 1 N–H and O–H groups in total. The molecule has 2 rings (SSSR count). The number of ether oxygens (including phenoxy) is 1. The number of nitrogens with zero attached hydrogens (tertiary/aromatic N) is 1. The van der Waals surface area contributed by atoms with Gasteiger partial charge >= 0.3 is 0 Å². The molecule has 1 heterocycles. The molecule has 0 saturated carbocycles. The number of hydrogen-bond donors (Lipinski definition) is 1. The van der Waals surface area contributed by atoms with E-state index in [1.165, 1.54) is 0 Å². The van der Waals surface area contributed by atoms with Crippen LogP contribution in [-0.4, -0.2) is 23.2 Å². The molecular formula is C15H22N2O3. The Hall–Kier alpha value is -1.62. The van der Waals surface area contributed by atoms with Crippen molar-refractivity contribution in [1.29, 1.82) is 0 Å². The van der Waals surface area contributed by atoms with Gasteiger partial charge < -0.3 is 10.1 Å². The van der Waals surface area contributed by atoms with E-state index in [0.717, 1.165) is 30.7 Å². The molecule has 1 aromatic rings. The molecule has 110 valence electrons.